The summed E-state index contributed by atoms with van der Waals surface area (Å²) >= 11 is 0. The number of ketones is 2. The fraction of sp³-hybridized carbons (Fsp3) is 0.857. The van der Waals surface area contributed by atoms with Gasteiger partial charge in [-0.3, -0.25) is 9.59 Å². The van der Waals surface area contributed by atoms with Crippen LogP contribution >= 0.6 is 0 Å². The Hall–Kier alpha value is -1.91. The summed E-state index contributed by atoms with van der Waals surface area (Å²) in [5.74, 6) is 1.18. The Labute approximate surface area is 336 Å². The first-order chi connectivity index (χ1) is 26.2. The zero-order chi connectivity index (χ0) is 39.9. The van der Waals surface area contributed by atoms with Crippen molar-refractivity contribution in [1.29, 1.82) is 0 Å². The summed E-state index contributed by atoms with van der Waals surface area (Å²) in [7, 11) is 0. The van der Waals surface area contributed by atoms with E-state index in [1.807, 2.05) is 0 Å². The smallest absolute Gasteiger partial charge is 0.423 e. The lowest BCUT2D eigenvalue weighted by Crippen LogP contribution is -2.32. The highest BCUT2D eigenvalue weighted by Gasteiger charge is 2.27. The SMILES string of the molecule is CCCCCC/C=C\CCCCCCCC(=O)C(CCCCC(C)C)OC(=O)OC(CCCCC(C)C)C(=O)CCCCCCC/C=C\CCCCCC. The average Bonchev–Trinajstić information content (AvgIpc) is 3.14. The lowest BCUT2D eigenvalue weighted by Gasteiger charge is -2.21. The van der Waals surface area contributed by atoms with Gasteiger partial charge in [0.1, 0.15) is 0 Å². The van der Waals surface area contributed by atoms with Crippen molar-refractivity contribution in [3.8, 4) is 0 Å². The summed E-state index contributed by atoms with van der Waals surface area (Å²) < 4.78 is 11.5. The van der Waals surface area contributed by atoms with Crippen LogP contribution in [0.25, 0.3) is 0 Å². The summed E-state index contributed by atoms with van der Waals surface area (Å²) in [6.07, 6.45) is 40.5. The molecule has 0 aliphatic carbocycles. The molecule has 0 aromatic heterocycles. The zero-order valence-electron chi connectivity index (χ0n) is 36.8. The molecule has 0 spiro atoms. The van der Waals surface area contributed by atoms with Gasteiger partial charge in [-0.1, -0.05) is 169 Å². The van der Waals surface area contributed by atoms with Crippen LogP contribution in [-0.2, 0) is 19.1 Å². The average molecular weight is 759 g/mol. The van der Waals surface area contributed by atoms with Gasteiger partial charge in [0, 0.05) is 12.8 Å². The molecular weight excluding hydrogens is 669 g/mol. The predicted octanol–water partition coefficient (Wildman–Crippen LogP) is 16.0. The van der Waals surface area contributed by atoms with Gasteiger partial charge in [-0.25, -0.2) is 4.79 Å². The fourth-order valence-electron chi connectivity index (χ4n) is 6.95. The molecule has 5 heteroatoms. The van der Waals surface area contributed by atoms with Crippen LogP contribution in [0, 0.1) is 11.8 Å². The lowest BCUT2D eigenvalue weighted by molar-refractivity contribution is -0.133. The van der Waals surface area contributed by atoms with Crippen molar-refractivity contribution in [2.24, 2.45) is 11.8 Å². The first-order valence-corrected chi connectivity index (χ1v) is 23.4. The van der Waals surface area contributed by atoms with Crippen LogP contribution in [0.2, 0.25) is 0 Å². The second-order valence-electron chi connectivity index (χ2n) is 17.0. The molecule has 0 aromatic carbocycles. The molecule has 316 valence electrons. The number of rotatable bonds is 40. The normalized spacial score (nSPS) is 13.0. The number of allylic oxidation sites excluding steroid dienone is 4. The standard InChI is InChI=1S/C49H90O5/c1-7-9-11-13-15-17-19-21-23-25-27-29-31-39-45(50)47(41-35-33-37-43(3)4)53-49(52)54-48(42-36-34-38-44(5)6)46(51)40-32-30-28-26-24-22-20-18-16-14-12-10-8-2/h17-20,43-44,47-48H,7-16,21-42H2,1-6H3/b19-17-,20-18-. The monoisotopic (exact) mass is 759 g/mol. The maximum absolute atomic E-state index is 13.3. The van der Waals surface area contributed by atoms with Crippen LogP contribution in [0.4, 0.5) is 4.79 Å². The van der Waals surface area contributed by atoms with Crippen LogP contribution in [0.5, 0.6) is 0 Å². The molecule has 0 heterocycles. The number of Topliss-reactive ketones (excluding diaryl/α,β-unsaturated/α-hetero) is 2. The Morgan fingerprint density at radius 1 is 0.389 bits per heavy atom. The molecule has 5 nitrogen and oxygen atoms in total. The molecule has 0 N–H and O–H groups in total. The van der Waals surface area contributed by atoms with Crippen molar-refractivity contribution in [1.82, 2.24) is 0 Å². The van der Waals surface area contributed by atoms with Gasteiger partial charge >= 0.3 is 6.16 Å². The molecule has 0 aliphatic rings. The highest BCUT2D eigenvalue weighted by molar-refractivity contribution is 5.86. The molecule has 0 radical (unpaired) electrons. The molecule has 2 atom stereocenters. The summed E-state index contributed by atoms with van der Waals surface area (Å²) in [6, 6.07) is 0. The van der Waals surface area contributed by atoms with E-state index >= 15 is 0 Å². The number of carbonyl (C=O) groups is 3. The zero-order valence-corrected chi connectivity index (χ0v) is 36.8. The van der Waals surface area contributed by atoms with Crippen LogP contribution < -0.4 is 0 Å². The second-order valence-corrected chi connectivity index (χ2v) is 17.0. The minimum absolute atomic E-state index is 0.00947. The Morgan fingerprint density at radius 3 is 1.02 bits per heavy atom. The van der Waals surface area contributed by atoms with E-state index < -0.39 is 18.4 Å². The van der Waals surface area contributed by atoms with Crippen molar-refractivity contribution in [3.63, 3.8) is 0 Å². The van der Waals surface area contributed by atoms with Crippen molar-refractivity contribution >= 4 is 17.7 Å². The summed E-state index contributed by atoms with van der Waals surface area (Å²) in [4.78, 5) is 39.9. The third-order valence-corrected chi connectivity index (χ3v) is 10.6. The van der Waals surface area contributed by atoms with Crippen LogP contribution in [0.3, 0.4) is 0 Å². The molecule has 0 rings (SSSR count). The van der Waals surface area contributed by atoms with Gasteiger partial charge in [0.05, 0.1) is 0 Å². The van der Waals surface area contributed by atoms with Gasteiger partial charge in [-0.2, -0.15) is 0 Å². The van der Waals surface area contributed by atoms with Crippen LogP contribution in [0.15, 0.2) is 24.3 Å². The van der Waals surface area contributed by atoms with E-state index in [4.69, 9.17) is 9.47 Å². The van der Waals surface area contributed by atoms with Gasteiger partial charge in [0.25, 0.3) is 0 Å². The molecular formula is C49H90O5. The van der Waals surface area contributed by atoms with Crippen LogP contribution in [-0.4, -0.2) is 29.9 Å². The van der Waals surface area contributed by atoms with E-state index in [1.165, 1.54) is 89.9 Å². The third kappa shape index (κ3) is 35.8. The molecule has 0 saturated heterocycles. The van der Waals surface area contributed by atoms with Crippen molar-refractivity contribution in [3.05, 3.63) is 24.3 Å². The Bertz CT molecular complexity index is 847. The quantitative estimate of drug-likeness (QED) is 0.0353. The van der Waals surface area contributed by atoms with E-state index in [0.717, 1.165) is 89.9 Å². The van der Waals surface area contributed by atoms with E-state index in [2.05, 4.69) is 65.8 Å². The maximum Gasteiger partial charge on any atom is 0.509 e. The van der Waals surface area contributed by atoms with Crippen molar-refractivity contribution in [2.45, 2.75) is 259 Å². The van der Waals surface area contributed by atoms with Gasteiger partial charge in [0.15, 0.2) is 23.8 Å². The Balaban J connectivity index is 4.83. The lowest BCUT2D eigenvalue weighted by atomic mass is 9.99. The molecule has 0 fully saturated rings. The predicted molar refractivity (Wildman–Crippen MR) is 232 cm³/mol. The summed E-state index contributed by atoms with van der Waals surface area (Å²) in [5.41, 5.74) is 0. The second kappa shape index (κ2) is 39.3. The topological polar surface area (TPSA) is 69.7 Å². The first kappa shape index (κ1) is 52.1. The number of hydrogen-bond donors (Lipinski definition) is 0. The molecule has 0 aliphatic heterocycles. The molecule has 0 aromatic rings. The largest absolute Gasteiger partial charge is 0.509 e. The Morgan fingerprint density at radius 2 is 0.685 bits per heavy atom. The minimum Gasteiger partial charge on any atom is -0.423 e. The van der Waals surface area contributed by atoms with Crippen molar-refractivity contribution in [2.75, 3.05) is 0 Å². The van der Waals surface area contributed by atoms with E-state index in [0.29, 0.717) is 37.5 Å². The maximum atomic E-state index is 13.3. The third-order valence-electron chi connectivity index (χ3n) is 10.6. The minimum atomic E-state index is -0.851. The summed E-state index contributed by atoms with van der Waals surface area (Å²) in [6.45, 7) is 13.3. The fourth-order valence-corrected chi connectivity index (χ4v) is 6.95. The van der Waals surface area contributed by atoms with Crippen LogP contribution in [0.1, 0.15) is 247 Å². The van der Waals surface area contributed by atoms with Gasteiger partial charge < -0.3 is 9.47 Å². The van der Waals surface area contributed by atoms with E-state index in [9.17, 15) is 14.4 Å². The number of ether oxygens (including phenoxy) is 2. The van der Waals surface area contributed by atoms with Gasteiger partial charge in [0.2, 0.25) is 0 Å². The van der Waals surface area contributed by atoms with Gasteiger partial charge in [-0.15, -0.1) is 0 Å². The Kier molecular flexibility index (Phi) is 37.9. The van der Waals surface area contributed by atoms with E-state index in [-0.39, 0.29) is 11.6 Å². The molecule has 0 amide bonds. The molecule has 0 saturated carbocycles. The highest BCUT2D eigenvalue weighted by Crippen LogP contribution is 2.20. The van der Waals surface area contributed by atoms with Gasteiger partial charge in [-0.05, 0) is 102 Å². The summed E-state index contributed by atoms with van der Waals surface area (Å²) in [5, 5.41) is 0. The molecule has 54 heavy (non-hydrogen) atoms. The molecule has 0 bridgehead atoms. The number of unbranched alkanes of at least 4 members (excludes halogenated alkanes) is 20. The van der Waals surface area contributed by atoms with E-state index in [1.54, 1.807) is 0 Å². The first-order valence-electron chi connectivity index (χ1n) is 23.4. The number of carbonyl (C=O) groups excluding carboxylic acids is 3. The highest BCUT2D eigenvalue weighted by atomic mass is 16.7. The van der Waals surface area contributed by atoms with Crippen molar-refractivity contribution < 1.29 is 23.9 Å². The number of hydrogen-bond acceptors (Lipinski definition) is 5. The molecule has 2 unspecified atom stereocenters.